The van der Waals surface area contributed by atoms with Crippen LogP contribution in [0.15, 0.2) is 29.0 Å². The van der Waals surface area contributed by atoms with Crippen molar-refractivity contribution >= 4 is 5.91 Å². The predicted octanol–water partition coefficient (Wildman–Crippen LogP) is 1.45. The lowest BCUT2D eigenvalue weighted by atomic mass is 10.1. The molecule has 0 radical (unpaired) electrons. The van der Waals surface area contributed by atoms with Gasteiger partial charge in [0.1, 0.15) is 0 Å². The minimum Gasteiger partial charge on any atom is -0.396 e. The van der Waals surface area contributed by atoms with Gasteiger partial charge in [0.05, 0.1) is 18.8 Å². The molecule has 144 valence electrons. The predicted molar refractivity (Wildman–Crippen MR) is 95.5 cm³/mol. The second kappa shape index (κ2) is 8.14. The van der Waals surface area contributed by atoms with E-state index >= 15 is 0 Å². The Kier molecular flexibility index (Phi) is 5.45. The molecular weight excluding hydrogens is 348 g/mol. The van der Waals surface area contributed by atoms with Crippen LogP contribution in [0.5, 0.6) is 0 Å². The summed E-state index contributed by atoms with van der Waals surface area (Å²) in [5, 5.41) is 13.4. The molecule has 1 amide bonds. The van der Waals surface area contributed by atoms with Crippen LogP contribution < -0.4 is 0 Å². The van der Waals surface area contributed by atoms with E-state index in [0.717, 1.165) is 18.4 Å². The van der Waals surface area contributed by atoms with Crippen LogP contribution in [0.3, 0.4) is 0 Å². The molecule has 2 fully saturated rings. The second-order valence-electron chi connectivity index (χ2n) is 7.19. The quantitative estimate of drug-likeness (QED) is 0.819. The number of hydrogen-bond donors (Lipinski definition) is 1. The number of amides is 1. The van der Waals surface area contributed by atoms with Crippen LogP contribution in [-0.2, 0) is 16.0 Å². The molecule has 0 bridgehead atoms. The van der Waals surface area contributed by atoms with E-state index in [2.05, 4.69) is 15.1 Å². The maximum atomic E-state index is 12.7. The minimum absolute atomic E-state index is 0.0674. The average molecular weight is 372 g/mol. The Morgan fingerprint density at radius 1 is 1.37 bits per heavy atom. The minimum atomic E-state index is 0.0674. The monoisotopic (exact) mass is 372 g/mol. The molecule has 1 aliphatic heterocycles. The Morgan fingerprint density at radius 2 is 2.30 bits per heavy atom. The van der Waals surface area contributed by atoms with Gasteiger partial charge >= 0.3 is 0 Å². The lowest BCUT2D eigenvalue weighted by Crippen LogP contribution is -2.51. The number of pyridine rings is 1. The third kappa shape index (κ3) is 4.01. The molecule has 1 saturated heterocycles. The maximum absolute atomic E-state index is 12.7. The van der Waals surface area contributed by atoms with Crippen molar-refractivity contribution in [3.8, 4) is 11.4 Å². The van der Waals surface area contributed by atoms with Gasteiger partial charge in [0.15, 0.2) is 0 Å². The van der Waals surface area contributed by atoms with Crippen LogP contribution in [-0.4, -0.2) is 62.9 Å². The molecule has 8 nitrogen and oxygen atoms in total. The van der Waals surface area contributed by atoms with Crippen LogP contribution in [0.25, 0.3) is 11.4 Å². The summed E-state index contributed by atoms with van der Waals surface area (Å²) in [4.78, 5) is 23.0. The van der Waals surface area contributed by atoms with Crippen molar-refractivity contribution in [2.75, 3.05) is 19.8 Å². The van der Waals surface area contributed by atoms with Gasteiger partial charge in [0.2, 0.25) is 17.6 Å². The molecule has 3 heterocycles. The summed E-state index contributed by atoms with van der Waals surface area (Å²) in [6, 6.07) is 3.80. The van der Waals surface area contributed by atoms with Crippen LogP contribution in [0.1, 0.15) is 31.6 Å². The number of rotatable bonds is 6. The van der Waals surface area contributed by atoms with Gasteiger partial charge in [0, 0.05) is 44.0 Å². The number of aryl methyl sites for hydroxylation is 1. The first-order valence-electron chi connectivity index (χ1n) is 9.49. The normalized spacial score (nSPS) is 24.8. The van der Waals surface area contributed by atoms with Gasteiger partial charge in [-0.3, -0.25) is 9.78 Å². The molecule has 4 rings (SSSR count). The largest absolute Gasteiger partial charge is 0.396 e. The molecule has 1 N–H and O–H groups in total. The van der Waals surface area contributed by atoms with Crippen LogP contribution >= 0.6 is 0 Å². The number of morpholine rings is 1. The van der Waals surface area contributed by atoms with E-state index in [9.17, 15) is 9.90 Å². The molecule has 2 aromatic heterocycles. The number of carbonyl (C=O) groups is 1. The first-order valence-corrected chi connectivity index (χ1v) is 9.49. The van der Waals surface area contributed by atoms with Crippen molar-refractivity contribution in [2.24, 2.45) is 5.92 Å². The SMILES string of the molecule is O=C(CCCc1nc(-c2cccnc2)no1)N1CCOC2C[C@H](CO)C[C@@H]21. The molecule has 1 aliphatic carbocycles. The first kappa shape index (κ1) is 18.1. The molecule has 3 atom stereocenters. The Balaban J connectivity index is 1.29. The molecule has 27 heavy (non-hydrogen) atoms. The molecule has 8 heteroatoms. The van der Waals surface area contributed by atoms with Crippen molar-refractivity contribution < 1.29 is 19.2 Å². The summed E-state index contributed by atoms with van der Waals surface area (Å²) in [6.45, 7) is 1.36. The summed E-state index contributed by atoms with van der Waals surface area (Å²) in [5.41, 5.74) is 0.808. The molecule has 2 aliphatic rings. The Hall–Kier alpha value is -2.32. The molecule has 0 aromatic carbocycles. The van der Waals surface area contributed by atoms with Gasteiger partial charge in [-0.05, 0) is 37.3 Å². The van der Waals surface area contributed by atoms with E-state index in [1.54, 1.807) is 12.4 Å². The summed E-state index contributed by atoms with van der Waals surface area (Å²) in [5.74, 6) is 1.42. The van der Waals surface area contributed by atoms with Crippen LogP contribution in [0, 0.1) is 5.92 Å². The van der Waals surface area contributed by atoms with E-state index in [1.807, 2.05) is 17.0 Å². The summed E-state index contributed by atoms with van der Waals surface area (Å²) in [7, 11) is 0. The van der Waals surface area contributed by atoms with Gasteiger partial charge in [-0.1, -0.05) is 5.16 Å². The highest BCUT2D eigenvalue weighted by Gasteiger charge is 2.42. The molecule has 0 spiro atoms. The van der Waals surface area contributed by atoms with Crippen molar-refractivity contribution in [1.29, 1.82) is 0 Å². The van der Waals surface area contributed by atoms with Gasteiger partial charge in [-0.25, -0.2) is 0 Å². The molecular formula is C19H24N4O4. The molecule has 2 aromatic rings. The van der Waals surface area contributed by atoms with E-state index in [4.69, 9.17) is 9.26 Å². The summed E-state index contributed by atoms with van der Waals surface area (Å²) < 4.78 is 11.1. The van der Waals surface area contributed by atoms with Gasteiger partial charge in [0.25, 0.3) is 0 Å². The molecule has 1 unspecified atom stereocenters. The lowest BCUT2D eigenvalue weighted by Gasteiger charge is -2.37. The fourth-order valence-electron chi connectivity index (χ4n) is 4.01. The van der Waals surface area contributed by atoms with E-state index in [1.165, 1.54) is 0 Å². The number of aromatic nitrogens is 3. The third-order valence-electron chi connectivity index (χ3n) is 5.38. The standard InChI is InChI=1S/C19H24N4O4/c24-12-13-9-15-16(10-13)26-8-7-23(15)18(25)5-1-4-17-21-19(22-27-17)14-3-2-6-20-11-14/h2-3,6,11,13,15-16,24H,1,4-5,7-10,12H2/t13-,15+,16?/m1/s1. The summed E-state index contributed by atoms with van der Waals surface area (Å²) >= 11 is 0. The topological polar surface area (TPSA) is 102 Å². The van der Waals surface area contributed by atoms with E-state index in [-0.39, 0.29) is 30.6 Å². The highest BCUT2D eigenvalue weighted by molar-refractivity contribution is 5.76. The number of aliphatic hydroxyl groups is 1. The van der Waals surface area contributed by atoms with Gasteiger partial charge in [-0.2, -0.15) is 4.98 Å². The number of ether oxygens (including phenoxy) is 1. The Labute approximate surface area is 157 Å². The van der Waals surface area contributed by atoms with E-state index in [0.29, 0.717) is 44.1 Å². The van der Waals surface area contributed by atoms with E-state index < -0.39 is 0 Å². The number of hydrogen-bond acceptors (Lipinski definition) is 7. The highest BCUT2D eigenvalue weighted by Crippen LogP contribution is 2.34. The van der Waals surface area contributed by atoms with Crippen LogP contribution in [0.4, 0.5) is 0 Å². The number of aliphatic hydroxyl groups excluding tert-OH is 1. The zero-order chi connectivity index (χ0) is 18.6. The zero-order valence-electron chi connectivity index (χ0n) is 15.2. The first-order chi connectivity index (χ1) is 13.2. The zero-order valence-corrected chi connectivity index (χ0v) is 15.2. The van der Waals surface area contributed by atoms with Crippen molar-refractivity contribution in [1.82, 2.24) is 20.0 Å². The summed E-state index contributed by atoms with van der Waals surface area (Å²) in [6.07, 6.45) is 6.78. The number of nitrogens with zero attached hydrogens (tertiary/aromatic N) is 4. The fourth-order valence-corrected chi connectivity index (χ4v) is 4.01. The Bertz CT molecular complexity index is 766. The van der Waals surface area contributed by atoms with Crippen molar-refractivity contribution in [3.63, 3.8) is 0 Å². The third-order valence-corrected chi connectivity index (χ3v) is 5.38. The number of carbonyl (C=O) groups excluding carboxylic acids is 1. The van der Waals surface area contributed by atoms with Gasteiger partial charge < -0.3 is 19.3 Å². The maximum Gasteiger partial charge on any atom is 0.226 e. The fraction of sp³-hybridized carbons (Fsp3) is 0.579. The van der Waals surface area contributed by atoms with Gasteiger partial charge in [-0.15, -0.1) is 0 Å². The van der Waals surface area contributed by atoms with Crippen LogP contribution in [0.2, 0.25) is 0 Å². The average Bonchev–Trinajstić information content (AvgIpc) is 3.35. The Morgan fingerprint density at radius 3 is 3.11 bits per heavy atom. The number of fused-ring (bicyclic) bond motifs is 1. The molecule has 1 saturated carbocycles. The second-order valence-corrected chi connectivity index (χ2v) is 7.19. The highest BCUT2D eigenvalue weighted by atomic mass is 16.5. The van der Waals surface area contributed by atoms with Crippen molar-refractivity contribution in [2.45, 2.75) is 44.2 Å². The lowest BCUT2D eigenvalue weighted by molar-refractivity contribution is -0.144. The van der Waals surface area contributed by atoms with Crippen molar-refractivity contribution in [3.05, 3.63) is 30.4 Å². The smallest absolute Gasteiger partial charge is 0.226 e.